The maximum absolute atomic E-state index is 13.2. The normalized spacial score (nSPS) is 18.0. The molecule has 5 heterocycles. The topological polar surface area (TPSA) is 75.9 Å². The van der Waals surface area contributed by atoms with E-state index in [4.69, 9.17) is 9.72 Å². The summed E-state index contributed by atoms with van der Waals surface area (Å²) in [5, 5.41) is 4.54. The van der Waals surface area contributed by atoms with Gasteiger partial charge in [-0.05, 0) is 39.3 Å². The first-order valence-corrected chi connectivity index (χ1v) is 11.4. The minimum Gasteiger partial charge on any atom is -0.372 e. The second-order valence-corrected chi connectivity index (χ2v) is 9.63. The van der Waals surface area contributed by atoms with Gasteiger partial charge in [-0.25, -0.2) is 13.8 Å². The first kappa shape index (κ1) is 22.6. The number of alkyl halides is 2. The molecule has 8 nitrogen and oxygen atoms in total. The van der Waals surface area contributed by atoms with Crippen LogP contribution in [-0.2, 0) is 17.7 Å². The Balaban J connectivity index is 1.49. The van der Waals surface area contributed by atoms with Crippen molar-refractivity contribution in [3.05, 3.63) is 56.8 Å². The predicted molar refractivity (Wildman–Crippen MR) is 125 cm³/mol. The van der Waals surface area contributed by atoms with Crippen molar-refractivity contribution in [3.8, 4) is 0 Å². The number of aromatic nitrogens is 4. The zero-order valence-electron chi connectivity index (χ0n) is 19.8. The number of hydrogen-bond donors (Lipinski definition) is 0. The third kappa shape index (κ3) is 4.00. The molecule has 0 N–H and O–H groups in total. The lowest BCUT2D eigenvalue weighted by Gasteiger charge is -2.40. The van der Waals surface area contributed by atoms with Crippen LogP contribution in [0.5, 0.6) is 0 Å². The van der Waals surface area contributed by atoms with Crippen LogP contribution >= 0.6 is 0 Å². The molecular weight excluding hydrogens is 442 g/mol. The fourth-order valence-corrected chi connectivity index (χ4v) is 4.75. The molecule has 34 heavy (non-hydrogen) atoms. The summed E-state index contributed by atoms with van der Waals surface area (Å²) in [4.78, 5) is 25.7. The van der Waals surface area contributed by atoms with Gasteiger partial charge in [0.25, 0.3) is 12.0 Å². The van der Waals surface area contributed by atoms with E-state index in [1.165, 1.54) is 0 Å². The van der Waals surface area contributed by atoms with Crippen molar-refractivity contribution in [3.63, 3.8) is 0 Å². The lowest BCUT2D eigenvalue weighted by atomic mass is 10.0. The molecule has 3 aromatic rings. The summed E-state index contributed by atoms with van der Waals surface area (Å²) in [7, 11) is 0. The fraction of sp³-hybridized carbons (Fsp3) is 0.500. The molecule has 0 amide bonds. The highest BCUT2D eigenvalue weighted by Gasteiger charge is 2.29. The van der Waals surface area contributed by atoms with Gasteiger partial charge in [0.05, 0.1) is 24.1 Å². The third-order valence-corrected chi connectivity index (χ3v) is 6.68. The zero-order chi connectivity index (χ0) is 24.2. The molecule has 0 atom stereocenters. The van der Waals surface area contributed by atoms with Crippen LogP contribution in [0.4, 0.5) is 20.3 Å². The number of anilines is 2. The lowest BCUT2D eigenvalue weighted by Crippen LogP contribution is -2.48. The van der Waals surface area contributed by atoms with Gasteiger partial charge in [-0.2, -0.15) is 4.52 Å². The molecule has 0 aromatic carbocycles. The molecule has 3 aromatic heterocycles. The smallest absolute Gasteiger partial charge is 0.280 e. The fourth-order valence-electron chi connectivity index (χ4n) is 4.75. The van der Waals surface area contributed by atoms with E-state index in [1.54, 1.807) is 6.92 Å². The van der Waals surface area contributed by atoms with Crippen molar-refractivity contribution in [2.75, 3.05) is 36.0 Å². The van der Waals surface area contributed by atoms with Crippen molar-refractivity contribution in [1.29, 1.82) is 0 Å². The number of aryl methyl sites for hydroxylation is 1. The van der Waals surface area contributed by atoms with Crippen molar-refractivity contribution in [2.45, 2.75) is 52.7 Å². The van der Waals surface area contributed by atoms with Crippen LogP contribution in [0.2, 0.25) is 0 Å². The number of halogens is 2. The highest BCUT2D eigenvalue weighted by Crippen LogP contribution is 2.30. The number of rotatable bonds is 3. The molecule has 2 aliphatic heterocycles. The average Bonchev–Trinajstić information content (AvgIpc) is 2.80. The largest absolute Gasteiger partial charge is 0.372 e. The average molecular weight is 471 g/mol. The zero-order valence-corrected chi connectivity index (χ0v) is 19.8. The Morgan fingerprint density at radius 1 is 1.12 bits per heavy atom. The number of morpholine rings is 1. The van der Waals surface area contributed by atoms with E-state index in [0.29, 0.717) is 31.1 Å². The minimum absolute atomic E-state index is 0.167. The Labute approximate surface area is 196 Å². The summed E-state index contributed by atoms with van der Waals surface area (Å²) in [6.45, 7) is 11.4. The SMILES string of the molecule is Cc1c(N2CCc3ncc(N4CCOC(C)(C)C4)cc3C2)nn2c(=O)cc(C(F)F)nc2c1C. The summed E-state index contributed by atoms with van der Waals surface area (Å²) in [6.07, 6.45) is -0.125. The van der Waals surface area contributed by atoms with Crippen LogP contribution < -0.4 is 15.4 Å². The third-order valence-electron chi connectivity index (χ3n) is 6.68. The quantitative estimate of drug-likeness (QED) is 0.582. The monoisotopic (exact) mass is 470 g/mol. The van der Waals surface area contributed by atoms with Crippen molar-refractivity contribution in [1.82, 2.24) is 19.6 Å². The summed E-state index contributed by atoms with van der Waals surface area (Å²) >= 11 is 0. The van der Waals surface area contributed by atoms with Gasteiger partial charge in [0, 0.05) is 55.5 Å². The highest BCUT2D eigenvalue weighted by molar-refractivity contribution is 5.60. The van der Waals surface area contributed by atoms with Gasteiger partial charge in [-0.1, -0.05) is 0 Å². The Kier molecular flexibility index (Phi) is 5.50. The molecule has 0 unspecified atom stereocenters. The molecule has 0 aliphatic carbocycles. The number of pyridine rings is 1. The van der Waals surface area contributed by atoms with E-state index in [2.05, 4.69) is 39.8 Å². The molecule has 1 saturated heterocycles. The first-order chi connectivity index (χ1) is 16.1. The van der Waals surface area contributed by atoms with Gasteiger partial charge < -0.3 is 14.5 Å². The van der Waals surface area contributed by atoms with Crippen molar-refractivity contribution >= 4 is 17.2 Å². The standard InChI is InChI=1S/C24H28F2N6O2/c1-14-15(2)23(29-32-20(33)10-19(21(25)26)28-22(14)32)30-6-5-18-16(12-30)9-17(11-27-18)31-7-8-34-24(3,4)13-31/h9-11,21H,5-8,12-13H2,1-4H3. The van der Waals surface area contributed by atoms with Gasteiger partial charge in [-0.15, -0.1) is 5.10 Å². The number of nitrogens with zero attached hydrogens (tertiary/aromatic N) is 6. The van der Waals surface area contributed by atoms with Gasteiger partial charge in [-0.3, -0.25) is 9.78 Å². The van der Waals surface area contributed by atoms with E-state index in [9.17, 15) is 13.6 Å². The molecule has 0 radical (unpaired) electrons. The number of hydrogen-bond acceptors (Lipinski definition) is 7. The van der Waals surface area contributed by atoms with Gasteiger partial charge in [0.15, 0.2) is 11.5 Å². The van der Waals surface area contributed by atoms with Crippen molar-refractivity contribution < 1.29 is 13.5 Å². The molecule has 10 heteroatoms. The van der Waals surface area contributed by atoms with Crippen LogP contribution in [0.1, 0.15) is 48.4 Å². The second kappa shape index (κ2) is 8.26. The number of ether oxygens (including phenoxy) is 1. The molecule has 5 rings (SSSR count). The highest BCUT2D eigenvalue weighted by atomic mass is 19.3. The molecule has 0 bridgehead atoms. The van der Waals surface area contributed by atoms with E-state index in [1.807, 2.05) is 13.1 Å². The van der Waals surface area contributed by atoms with Crippen LogP contribution in [0.25, 0.3) is 5.65 Å². The van der Waals surface area contributed by atoms with E-state index >= 15 is 0 Å². The number of fused-ring (bicyclic) bond motifs is 2. The van der Waals surface area contributed by atoms with Crippen molar-refractivity contribution in [2.24, 2.45) is 0 Å². The molecule has 0 spiro atoms. The van der Waals surface area contributed by atoms with Crippen LogP contribution in [0, 0.1) is 13.8 Å². The van der Waals surface area contributed by atoms with Crippen LogP contribution in [0.15, 0.2) is 23.1 Å². The molecular formula is C24H28F2N6O2. The molecule has 2 aliphatic rings. The molecule has 0 saturated carbocycles. The summed E-state index contributed by atoms with van der Waals surface area (Å²) in [6, 6.07) is 3.04. The lowest BCUT2D eigenvalue weighted by molar-refractivity contribution is -0.0277. The van der Waals surface area contributed by atoms with E-state index < -0.39 is 17.7 Å². The Hall–Kier alpha value is -3.14. The van der Waals surface area contributed by atoms with Crippen LogP contribution in [-0.4, -0.2) is 51.4 Å². The Morgan fingerprint density at radius 2 is 1.91 bits per heavy atom. The Morgan fingerprint density at radius 3 is 2.65 bits per heavy atom. The van der Waals surface area contributed by atoms with Gasteiger partial charge >= 0.3 is 0 Å². The predicted octanol–water partition coefficient (Wildman–Crippen LogP) is 3.22. The van der Waals surface area contributed by atoms with Gasteiger partial charge in [0.2, 0.25) is 0 Å². The van der Waals surface area contributed by atoms with E-state index in [-0.39, 0.29) is 11.2 Å². The molecule has 180 valence electrons. The summed E-state index contributed by atoms with van der Waals surface area (Å²) < 4.78 is 33.3. The van der Waals surface area contributed by atoms with E-state index in [0.717, 1.165) is 52.6 Å². The summed E-state index contributed by atoms with van der Waals surface area (Å²) in [5.41, 5.74) is 3.54. The Bertz CT molecular complexity index is 1320. The second-order valence-electron chi connectivity index (χ2n) is 9.63. The van der Waals surface area contributed by atoms with Gasteiger partial charge in [0.1, 0.15) is 5.69 Å². The maximum atomic E-state index is 13.2. The molecule has 1 fully saturated rings. The minimum atomic E-state index is -2.81. The van der Waals surface area contributed by atoms with Crippen LogP contribution in [0.3, 0.4) is 0 Å². The summed E-state index contributed by atoms with van der Waals surface area (Å²) in [5.74, 6) is 0.655. The first-order valence-electron chi connectivity index (χ1n) is 11.4. The maximum Gasteiger partial charge on any atom is 0.280 e.